The van der Waals surface area contributed by atoms with Crippen LogP contribution in [-0.4, -0.2) is 36.4 Å². The zero-order chi connectivity index (χ0) is 9.97. The molecule has 2 heterocycles. The minimum Gasteiger partial charge on any atom is -0.499 e. The normalized spacial score (nSPS) is 22.6. The fraction of sp³-hybridized carbons (Fsp3) is 0.556. The second kappa shape index (κ2) is 3.69. The van der Waals surface area contributed by atoms with Gasteiger partial charge in [-0.15, -0.1) is 0 Å². The summed E-state index contributed by atoms with van der Waals surface area (Å²) in [5.41, 5.74) is 0.816. The number of hydrogen-bond acceptors (Lipinski definition) is 3. The highest BCUT2D eigenvalue weighted by Crippen LogP contribution is 2.17. The van der Waals surface area contributed by atoms with Crippen molar-refractivity contribution in [1.82, 2.24) is 10.2 Å². The number of rotatable bonds is 1. The van der Waals surface area contributed by atoms with Gasteiger partial charge in [-0.05, 0) is 12.8 Å². The summed E-state index contributed by atoms with van der Waals surface area (Å²) in [4.78, 5) is 24.0. The van der Waals surface area contributed by atoms with E-state index in [0.29, 0.717) is 6.61 Å². The van der Waals surface area contributed by atoms with Gasteiger partial charge in [-0.25, -0.2) is 0 Å². The van der Waals surface area contributed by atoms with Crippen LogP contribution in [0, 0.1) is 0 Å². The lowest BCUT2D eigenvalue weighted by Crippen LogP contribution is -2.51. The molecule has 0 unspecified atom stereocenters. The Morgan fingerprint density at radius 2 is 2.29 bits per heavy atom. The number of nitrogens with zero attached hydrogens (tertiary/aromatic N) is 1. The predicted molar refractivity (Wildman–Crippen MR) is 48.0 cm³/mol. The number of carbonyl (C=O) groups is 2. The lowest BCUT2D eigenvalue weighted by atomic mass is 10.2. The topological polar surface area (TPSA) is 58.6 Å². The Kier molecular flexibility index (Phi) is 2.39. The Hall–Kier alpha value is -1.52. The van der Waals surface area contributed by atoms with E-state index in [-0.39, 0.29) is 24.9 Å². The summed E-state index contributed by atoms with van der Waals surface area (Å²) >= 11 is 0. The van der Waals surface area contributed by atoms with Gasteiger partial charge in [0.15, 0.2) is 0 Å². The molecule has 2 rings (SSSR count). The van der Waals surface area contributed by atoms with Gasteiger partial charge in [0.25, 0.3) is 0 Å². The first-order valence-corrected chi connectivity index (χ1v) is 4.65. The Labute approximate surface area is 81.7 Å². The highest BCUT2D eigenvalue weighted by Gasteiger charge is 2.26. The second-order valence-electron chi connectivity index (χ2n) is 3.34. The fourth-order valence-electron chi connectivity index (χ4n) is 1.57. The quantitative estimate of drug-likeness (QED) is 0.620. The maximum absolute atomic E-state index is 11.5. The molecule has 0 saturated carbocycles. The van der Waals surface area contributed by atoms with Crippen LogP contribution >= 0.6 is 0 Å². The van der Waals surface area contributed by atoms with Crippen LogP contribution in [0.3, 0.4) is 0 Å². The van der Waals surface area contributed by atoms with Gasteiger partial charge in [0.05, 0.1) is 18.8 Å². The van der Waals surface area contributed by atoms with Crippen molar-refractivity contribution in [1.29, 1.82) is 0 Å². The molecule has 1 fully saturated rings. The summed E-state index contributed by atoms with van der Waals surface area (Å²) < 4.78 is 5.13. The van der Waals surface area contributed by atoms with Crippen LogP contribution in [-0.2, 0) is 14.3 Å². The molecule has 0 aliphatic carbocycles. The van der Waals surface area contributed by atoms with E-state index in [1.807, 2.05) is 0 Å². The van der Waals surface area contributed by atoms with Crippen molar-refractivity contribution < 1.29 is 14.3 Å². The molecule has 2 aliphatic rings. The number of hydrogen-bond donors (Lipinski definition) is 1. The van der Waals surface area contributed by atoms with Gasteiger partial charge in [-0.1, -0.05) is 0 Å². The van der Waals surface area contributed by atoms with Crippen LogP contribution in [0.15, 0.2) is 12.0 Å². The van der Waals surface area contributed by atoms with Crippen molar-refractivity contribution in [3.05, 3.63) is 12.0 Å². The van der Waals surface area contributed by atoms with Gasteiger partial charge < -0.3 is 15.0 Å². The number of piperazine rings is 1. The van der Waals surface area contributed by atoms with E-state index in [1.165, 1.54) is 4.90 Å². The first kappa shape index (κ1) is 9.05. The second-order valence-corrected chi connectivity index (χ2v) is 3.34. The highest BCUT2D eigenvalue weighted by atomic mass is 16.5. The standard InChI is InChI=1S/C9H12N2O3/c12-8-5-11(9(13)4-10-8)7-2-1-3-14-6-7/h6H,1-5H2,(H,10,12). The predicted octanol–water partition coefficient (Wildman–Crippen LogP) is -0.403. The molecule has 0 spiro atoms. The van der Waals surface area contributed by atoms with Crippen LogP contribution in [0.5, 0.6) is 0 Å². The average Bonchev–Trinajstić information content (AvgIpc) is 2.23. The zero-order valence-corrected chi connectivity index (χ0v) is 7.78. The maximum atomic E-state index is 11.5. The summed E-state index contributed by atoms with van der Waals surface area (Å²) in [6.45, 7) is 0.905. The van der Waals surface area contributed by atoms with E-state index in [0.717, 1.165) is 18.5 Å². The molecule has 0 aromatic rings. The van der Waals surface area contributed by atoms with E-state index in [9.17, 15) is 9.59 Å². The SMILES string of the molecule is O=C1CN(C2=COCCC2)C(=O)CN1. The van der Waals surface area contributed by atoms with Crippen molar-refractivity contribution in [3.8, 4) is 0 Å². The summed E-state index contributed by atoms with van der Waals surface area (Å²) in [7, 11) is 0. The Morgan fingerprint density at radius 3 is 3.00 bits per heavy atom. The monoisotopic (exact) mass is 196 g/mol. The lowest BCUT2D eigenvalue weighted by Gasteiger charge is -2.30. The molecule has 1 N–H and O–H groups in total. The van der Waals surface area contributed by atoms with Gasteiger partial charge in [0.1, 0.15) is 12.8 Å². The molecule has 14 heavy (non-hydrogen) atoms. The van der Waals surface area contributed by atoms with Crippen LogP contribution in [0.2, 0.25) is 0 Å². The minimum atomic E-state index is -0.115. The fourth-order valence-corrected chi connectivity index (χ4v) is 1.57. The molecule has 0 aromatic heterocycles. The van der Waals surface area contributed by atoms with Crippen LogP contribution in [0.1, 0.15) is 12.8 Å². The van der Waals surface area contributed by atoms with Crippen LogP contribution < -0.4 is 5.32 Å². The number of ether oxygens (including phenoxy) is 1. The van der Waals surface area contributed by atoms with Gasteiger partial charge in [0.2, 0.25) is 11.8 Å². The first-order valence-electron chi connectivity index (χ1n) is 4.65. The largest absolute Gasteiger partial charge is 0.499 e. The third-order valence-corrected chi connectivity index (χ3v) is 2.30. The third-order valence-electron chi connectivity index (χ3n) is 2.30. The highest BCUT2D eigenvalue weighted by molar-refractivity contribution is 5.93. The lowest BCUT2D eigenvalue weighted by molar-refractivity contribution is -0.139. The molecule has 0 bridgehead atoms. The van der Waals surface area contributed by atoms with Gasteiger partial charge in [-0.2, -0.15) is 0 Å². The van der Waals surface area contributed by atoms with Crippen LogP contribution in [0.25, 0.3) is 0 Å². The maximum Gasteiger partial charge on any atom is 0.246 e. The molecular formula is C9H12N2O3. The minimum absolute atomic E-state index is 0.0682. The number of carbonyl (C=O) groups excluding carboxylic acids is 2. The summed E-state index contributed by atoms with van der Waals surface area (Å²) in [6, 6.07) is 0. The Morgan fingerprint density at radius 1 is 1.43 bits per heavy atom. The smallest absolute Gasteiger partial charge is 0.246 e. The molecule has 0 aromatic carbocycles. The molecule has 1 saturated heterocycles. The molecule has 0 atom stereocenters. The summed E-state index contributed by atoms with van der Waals surface area (Å²) in [5.74, 6) is -0.183. The third kappa shape index (κ3) is 1.71. The summed E-state index contributed by atoms with van der Waals surface area (Å²) in [5, 5.41) is 2.50. The van der Waals surface area contributed by atoms with Crippen molar-refractivity contribution in [2.45, 2.75) is 12.8 Å². The average molecular weight is 196 g/mol. The Bertz CT molecular complexity index is 298. The number of allylic oxidation sites excluding steroid dienone is 1. The molecule has 0 radical (unpaired) electrons. The number of nitrogens with one attached hydrogen (secondary N) is 1. The first-order chi connectivity index (χ1) is 6.77. The van der Waals surface area contributed by atoms with Gasteiger partial charge in [0, 0.05) is 0 Å². The molecular weight excluding hydrogens is 184 g/mol. The Balaban J connectivity index is 2.10. The van der Waals surface area contributed by atoms with Crippen molar-refractivity contribution in [2.75, 3.05) is 19.7 Å². The van der Waals surface area contributed by atoms with Crippen LogP contribution in [0.4, 0.5) is 0 Å². The van der Waals surface area contributed by atoms with Crippen molar-refractivity contribution in [2.24, 2.45) is 0 Å². The molecule has 5 heteroatoms. The molecule has 76 valence electrons. The van der Waals surface area contributed by atoms with E-state index in [2.05, 4.69) is 5.32 Å². The van der Waals surface area contributed by atoms with E-state index < -0.39 is 0 Å². The van der Waals surface area contributed by atoms with E-state index >= 15 is 0 Å². The van der Waals surface area contributed by atoms with Gasteiger partial charge >= 0.3 is 0 Å². The van der Waals surface area contributed by atoms with Gasteiger partial charge in [-0.3, -0.25) is 9.59 Å². The zero-order valence-electron chi connectivity index (χ0n) is 7.78. The van der Waals surface area contributed by atoms with E-state index in [1.54, 1.807) is 6.26 Å². The molecule has 2 amide bonds. The summed E-state index contributed by atoms with van der Waals surface area (Å²) in [6.07, 6.45) is 3.29. The molecule has 5 nitrogen and oxygen atoms in total. The van der Waals surface area contributed by atoms with Crippen molar-refractivity contribution in [3.63, 3.8) is 0 Å². The van der Waals surface area contributed by atoms with E-state index in [4.69, 9.17) is 4.74 Å². The molecule has 2 aliphatic heterocycles. The van der Waals surface area contributed by atoms with Crippen molar-refractivity contribution >= 4 is 11.8 Å². The number of amides is 2.